The fraction of sp³-hybridized carbons (Fsp3) is 1.00. The summed E-state index contributed by atoms with van der Waals surface area (Å²) in [6.07, 6.45) is 3.75. The Morgan fingerprint density at radius 1 is 1.40 bits per heavy atom. The number of rotatable bonds is 0. The summed E-state index contributed by atoms with van der Waals surface area (Å²) in [7, 11) is 0. The Kier molecular flexibility index (Phi) is 5840. The lowest BCUT2D eigenvalue weighted by Gasteiger charge is -0.344. The molecule has 0 aromatic carbocycles. The molecular weight excluding hydrogens is 87.9 g/mol. The van der Waals surface area contributed by atoms with Crippen LogP contribution in [0.5, 0.6) is 0 Å². The van der Waals surface area contributed by atoms with E-state index in [4.69, 9.17) is 1.41 Å². The predicted molar refractivity (Wildman–Crippen MR) is 30.4 cm³/mol. The van der Waals surface area contributed by atoms with Gasteiger partial charge in [0.2, 0.25) is 0 Å². The van der Waals surface area contributed by atoms with Gasteiger partial charge in [-0.15, -0.1) is 0 Å². The maximum atomic E-state index is 5.25. The van der Waals surface area contributed by atoms with Crippen LogP contribution in [0, 0.1) is 0 Å². The van der Waals surface area contributed by atoms with E-state index in [0.29, 0.717) is 0 Å². The van der Waals surface area contributed by atoms with E-state index in [2.05, 4.69) is 6.14 Å². The van der Waals surface area contributed by atoms with Crippen LogP contribution in [0.15, 0.2) is 0 Å². The summed E-state index contributed by atoms with van der Waals surface area (Å²) in [5, 5.41) is 0. The van der Waals surface area contributed by atoms with E-state index in [-0.39, 0.29) is 34.0 Å². The van der Waals surface area contributed by atoms with Gasteiger partial charge in [0.1, 0.15) is 1.41 Å². The van der Waals surface area contributed by atoms with E-state index < -0.39 is 0 Å². The van der Waals surface area contributed by atoms with Crippen molar-refractivity contribution in [3.63, 3.8) is 0 Å². The fourth-order valence-electron chi connectivity index (χ4n) is 0. The van der Waals surface area contributed by atoms with Crippen LogP contribution >= 0.6 is 13.5 Å². The summed E-state index contributed by atoms with van der Waals surface area (Å²) in [5.41, 5.74) is 0. The maximum absolute atomic E-state index is 5.25. The molecule has 0 aliphatic carbocycles. The lowest BCUT2D eigenvalue weighted by molar-refractivity contribution is 1.11. The van der Waals surface area contributed by atoms with Crippen molar-refractivity contribution in [2.45, 2.75) is 7.43 Å². The summed E-state index contributed by atoms with van der Waals surface area (Å²) < 4.78 is 5.25. The van der Waals surface area contributed by atoms with Crippen molar-refractivity contribution in [1.29, 1.82) is 0 Å². The molecule has 0 heterocycles. The van der Waals surface area contributed by atoms with E-state index >= 15 is 0 Å². The first-order valence-corrected chi connectivity index (χ1v) is 0. The molecule has 0 saturated carbocycles. The average Bonchev–Trinajstić information content (AvgIpc) is 1.00. The lowest BCUT2D eigenvalue weighted by atomic mass is 10.8. The first kappa shape index (κ1) is 57.7. The molecule has 0 unspecified atom stereocenters. The zero-order chi connectivity index (χ0) is 2.00. The molecule has 5 heavy (non-hydrogen) atoms. The van der Waals surface area contributed by atoms with Crippen molar-refractivity contribution in [3.05, 3.63) is 0 Å². The molecule has 0 amide bonds. The van der Waals surface area contributed by atoms with Gasteiger partial charge in [0.05, 0.1) is 0 Å². The second-order valence-corrected chi connectivity index (χ2v) is 0. The highest BCUT2D eigenvalue weighted by Crippen LogP contribution is 0.648. The molecule has 3 radical (unpaired) electrons. The summed E-state index contributed by atoms with van der Waals surface area (Å²) in [6, 6.07) is 0. The molecule has 4 heteroatoms. The first-order valence-electron chi connectivity index (χ1n) is 0.577. The van der Waals surface area contributed by atoms with Crippen LogP contribution in [-0.2, 0) is 0 Å². The van der Waals surface area contributed by atoms with E-state index in [0.717, 1.165) is 0 Å². The molecule has 0 fully saturated rings. The van der Waals surface area contributed by atoms with E-state index in [1.54, 1.807) is 0 Å². The topological polar surface area (TPSA) is 35.0 Å². The Morgan fingerprint density at radius 3 is 1.40 bits per heavy atom. The van der Waals surface area contributed by atoms with Gasteiger partial charge in [-0.2, -0.15) is 13.5 Å². The third-order valence-corrected chi connectivity index (χ3v) is 0. The second kappa shape index (κ2) is 506. The van der Waals surface area contributed by atoms with Gasteiger partial charge in [0.25, 0.3) is 0 Å². The normalized spacial score (nSPS) is 1.40. The Morgan fingerprint density at radius 2 is 1.40 bits per heavy atom. The molecule has 0 aromatic heterocycles. The van der Waals surface area contributed by atoms with Gasteiger partial charge in [-0.05, 0) is 0 Å². The molecule has 0 spiro atoms. The Labute approximate surface area is 42.6 Å². The average molecular weight is 100.0 g/mol. The zero-order valence-electron chi connectivity index (χ0n) is 3.06. The van der Waals surface area contributed by atoms with Crippen molar-refractivity contribution in [2.75, 3.05) is 0 Å². The van der Waals surface area contributed by atoms with Crippen LogP contribution in [-0.4, -0.2) is 8.41 Å². The highest BCUT2D eigenvalue weighted by atomic mass is 32.1. The fourth-order valence-corrected chi connectivity index (χ4v) is 0. The van der Waals surface area contributed by atoms with Crippen LogP contribution in [0.25, 0.3) is 0 Å². The van der Waals surface area contributed by atoms with Crippen molar-refractivity contribution in [3.8, 4) is 0 Å². The smallest absolute Gasteiger partial charge is 0.115 e. The minimum absolute atomic E-state index is 0. The molecule has 3 N–H and O–H groups in total. The van der Waals surface area contributed by atoms with Gasteiger partial charge in [-0.1, -0.05) is 7.43 Å². The molecule has 0 atom stereocenters. The van der Waals surface area contributed by atoms with Gasteiger partial charge in [-0.25, -0.2) is 0 Å². The highest BCUT2D eigenvalue weighted by Gasteiger charge is 0.0000250. The first-order chi connectivity index (χ1) is 1.00. The van der Waals surface area contributed by atoms with Crippen molar-refractivity contribution in [1.82, 2.24) is 6.14 Å². The van der Waals surface area contributed by atoms with Gasteiger partial charge < -0.3 is 6.14 Å². The molecule has 0 aliphatic rings. The van der Waals surface area contributed by atoms with Gasteiger partial charge >= 0.3 is 0 Å². The second-order valence-electron chi connectivity index (χ2n) is 0. The molecule has 0 bridgehead atoms. The highest BCUT2D eigenvalue weighted by molar-refractivity contribution is 7.59. The lowest BCUT2D eigenvalue weighted by Crippen LogP contribution is -0.481. The Bertz CT molecular complexity index is 15.5. The van der Waals surface area contributed by atoms with E-state index in [1.165, 1.54) is 0 Å². The van der Waals surface area contributed by atoms with Crippen molar-refractivity contribution >= 4 is 21.9 Å². The third-order valence-electron chi connectivity index (χ3n) is 0. The Hall–Kier alpha value is 0.305. The predicted octanol–water partition coefficient (Wildman–Crippen LogP) is 0.683. The molecule has 0 rings (SSSR count). The summed E-state index contributed by atoms with van der Waals surface area (Å²) in [6.45, 7) is 0. The summed E-state index contributed by atoms with van der Waals surface area (Å²) in [4.78, 5) is 0. The largest absolute Gasteiger partial charge is 0.344 e. The maximum Gasteiger partial charge on any atom is 0.115 e. The number of halogens is 1. The molecule has 0 saturated heterocycles. The van der Waals surface area contributed by atoms with E-state index in [9.17, 15) is 0 Å². The molecule has 0 aromatic rings. The monoisotopic (exact) mass is 100 g/mol. The van der Waals surface area contributed by atoms with Crippen LogP contribution in [0.4, 0.5) is 4.70 Å². The van der Waals surface area contributed by atoms with Gasteiger partial charge in [0, 0.05) is 8.41 Å². The molecular formula is CH10BFNS. The SMILES string of the molecule is C.F.S.[3H]N.[B]. The van der Waals surface area contributed by atoms with Crippen LogP contribution in [0.1, 0.15) is 7.43 Å². The standard InChI is InChI=1S/CH4.B.FH.H3N.H2S/h1H4;;1H;1H3;1H2/i/hT. The molecule has 1 nitrogen and oxygen atoms in total. The van der Waals surface area contributed by atoms with Crippen LogP contribution in [0.3, 0.4) is 0 Å². The minimum atomic E-state index is 0. The Balaban J connectivity index is -0.000000000833. The molecule has 0 aliphatic heterocycles. The van der Waals surface area contributed by atoms with E-state index in [1.807, 2.05) is 0 Å². The van der Waals surface area contributed by atoms with Gasteiger partial charge in [0.15, 0.2) is 0 Å². The van der Waals surface area contributed by atoms with Gasteiger partial charge in [-0.3, -0.25) is 4.70 Å². The van der Waals surface area contributed by atoms with Crippen LogP contribution in [0.2, 0.25) is 1.41 Å². The molecule has 35 valence electrons. The number of hydrogen-bond donors (Lipinski definition) is 1. The minimum Gasteiger partial charge on any atom is -0.344 e. The summed E-state index contributed by atoms with van der Waals surface area (Å²) in [5.74, 6) is 0. The number of hydrogen-bond acceptors (Lipinski definition) is 1. The summed E-state index contributed by atoms with van der Waals surface area (Å²) >= 11 is 0. The zero-order valence-corrected chi connectivity index (χ0v) is 3.06. The quantitative estimate of drug-likeness (QED) is 0.446. The third kappa shape index (κ3) is 246. The van der Waals surface area contributed by atoms with Crippen molar-refractivity contribution < 1.29 is 6.12 Å². The van der Waals surface area contributed by atoms with Crippen molar-refractivity contribution in [2.24, 2.45) is 0 Å². The van der Waals surface area contributed by atoms with Crippen LogP contribution < -0.4 is 6.14 Å².